The fourth-order valence-electron chi connectivity index (χ4n) is 1.04. The zero-order valence-corrected chi connectivity index (χ0v) is 9.18. The van der Waals surface area contributed by atoms with E-state index in [1.807, 2.05) is 13.0 Å². The third kappa shape index (κ3) is 6.66. The van der Waals surface area contributed by atoms with Crippen molar-refractivity contribution in [1.82, 2.24) is 5.32 Å². The number of carbonyl (C=O) groups excluding carboxylic acids is 1. The second-order valence-corrected chi connectivity index (χ2v) is 3.36. The number of hydrogen-bond donors (Lipinski definition) is 2. The summed E-state index contributed by atoms with van der Waals surface area (Å²) in [5.74, 6) is -0.0189. The van der Waals surface area contributed by atoms with Crippen molar-refractivity contribution in [2.24, 2.45) is 0 Å². The van der Waals surface area contributed by atoms with Crippen molar-refractivity contribution in [2.45, 2.75) is 39.5 Å². The molecule has 82 valence electrons. The van der Waals surface area contributed by atoms with Crippen molar-refractivity contribution in [3.63, 3.8) is 0 Å². The van der Waals surface area contributed by atoms with Crippen LogP contribution in [0.5, 0.6) is 0 Å². The van der Waals surface area contributed by atoms with Gasteiger partial charge in [-0.3, -0.25) is 4.79 Å². The minimum Gasteiger partial charge on any atom is -0.396 e. The molecular weight excluding hydrogens is 178 g/mol. The molecular formula is C11H21NO2. The summed E-state index contributed by atoms with van der Waals surface area (Å²) in [5, 5.41) is 11.3. The molecule has 0 radical (unpaired) electrons. The molecule has 0 unspecified atom stereocenters. The lowest BCUT2D eigenvalue weighted by molar-refractivity contribution is -0.117. The predicted octanol–water partition coefficient (Wildman–Crippen LogP) is 1.62. The fraction of sp³-hybridized carbons (Fsp3) is 0.727. The molecule has 0 aliphatic heterocycles. The largest absolute Gasteiger partial charge is 0.396 e. The molecule has 0 fully saturated rings. The summed E-state index contributed by atoms with van der Waals surface area (Å²) < 4.78 is 0. The van der Waals surface area contributed by atoms with Gasteiger partial charge in [0.2, 0.25) is 5.91 Å². The molecule has 0 aliphatic carbocycles. The second kappa shape index (κ2) is 8.75. The smallest absolute Gasteiger partial charge is 0.246 e. The van der Waals surface area contributed by atoms with E-state index >= 15 is 0 Å². The highest BCUT2D eigenvalue weighted by Crippen LogP contribution is 2.00. The van der Waals surface area contributed by atoms with Gasteiger partial charge in [-0.25, -0.2) is 0 Å². The first-order valence-corrected chi connectivity index (χ1v) is 5.28. The summed E-state index contributed by atoms with van der Waals surface area (Å²) in [6.45, 7) is 4.63. The number of unbranched alkanes of at least 4 members (excludes halogenated alkanes) is 2. The summed E-state index contributed by atoms with van der Waals surface area (Å²) >= 11 is 0. The van der Waals surface area contributed by atoms with Crippen LogP contribution in [0.25, 0.3) is 0 Å². The number of aliphatic hydroxyl groups is 1. The second-order valence-electron chi connectivity index (χ2n) is 3.36. The van der Waals surface area contributed by atoms with E-state index in [2.05, 4.69) is 12.2 Å². The molecule has 0 atom stereocenters. The minimum atomic E-state index is -0.0189. The first kappa shape index (κ1) is 13.2. The Labute approximate surface area is 86.2 Å². The molecule has 2 N–H and O–H groups in total. The molecule has 0 rings (SSSR count). The predicted molar refractivity (Wildman–Crippen MR) is 58.0 cm³/mol. The summed E-state index contributed by atoms with van der Waals surface area (Å²) in [7, 11) is 0. The number of rotatable bonds is 7. The van der Waals surface area contributed by atoms with E-state index in [4.69, 9.17) is 5.11 Å². The van der Waals surface area contributed by atoms with Gasteiger partial charge < -0.3 is 10.4 Å². The number of amides is 1. The van der Waals surface area contributed by atoms with Crippen LogP contribution in [0, 0.1) is 0 Å². The van der Waals surface area contributed by atoms with E-state index in [0.717, 1.165) is 24.8 Å². The van der Waals surface area contributed by atoms with Crippen molar-refractivity contribution >= 4 is 5.91 Å². The van der Waals surface area contributed by atoms with Crippen LogP contribution in [0.2, 0.25) is 0 Å². The Hall–Kier alpha value is -0.830. The van der Waals surface area contributed by atoms with E-state index in [-0.39, 0.29) is 12.5 Å². The summed E-state index contributed by atoms with van der Waals surface area (Å²) in [6, 6.07) is 0. The number of nitrogens with one attached hydrogen (secondary N) is 1. The zero-order chi connectivity index (χ0) is 10.8. The Bertz CT molecular complexity index is 188. The van der Waals surface area contributed by atoms with Gasteiger partial charge in [-0.1, -0.05) is 25.8 Å². The van der Waals surface area contributed by atoms with Crippen LogP contribution in [0.1, 0.15) is 39.5 Å². The van der Waals surface area contributed by atoms with Crippen LogP contribution in [0.3, 0.4) is 0 Å². The molecule has 0 spiro atoms. The molecule has 0 saturated carbocycles. The van der Waals surface area contributed by atoms with Crippen molar-refractivity contribution in [3.05, 3.63) is 11.6 Å². The van der Waals surface area contributed by atoms with Crippen LogP contribution >= 0.6 is 0 Å². The first-order valence-electron chi connectivity index (χ1n) is 5.28. The van der Waals surface area contributed by atoms with Gasteiger partial charge in [0.05, 0.1) is 0 Å². The van der Waals surface area contributed by atoms with Gasteiger partial charge >= 0.3 is 0 Å². The van der Waals surface area contributed by atoms with Crippen LogP contribution in [-0.2, 0) is 4.79 Å². The molecule has 3 heteroatoms. The molecule has 0 bridgehead atoms. The summed E-state index contributed by atoms with van der Waals surface area (Å²) in [4.78, 5) is 11.4. The quantitative estimate of drug-likeness (QED) is 0.483. The average Bonchev–Trinajstić information content (AvgIpc) is 2.18. The van der Waals surface area contributed by atoms with E-state index in [9.17, 15) is 4.79 Å². The molecule has 3 nitrogen and oxygen atoms in total. The highest BCUT2D eigenvalue weighted by Gasteiger charge is 2.01. The Balaban J connectivity index is 3.68. The number of carbonyl (C=O) groups is 1. The number of hydrogen-bond acceptors (Lipinski definition) is 2. The molecule has 0 heterocycles. The van der Waals surface area contributed by atoms with E-state index in [1.165, 1.54) is 0 Å². The Morgan fingerprint density at radius 2 is 2.14 bits per heavy atom. The topological polar surface area (TPSA) is 49.3 Å². The van der Waals surface area contributed by atoms with Gasteiger partial charge in [-0.05, 0) is 19.8 Å². The fourth-order valence-corrected chi connectivity index (χ4v) is 1.04. The third-order valence-corrected chi connectivity index (χ3v) is 1.99. The van der Waals surface area contributed by atoms with Crippen LogP contribution in [-0.4, -0.2) is 24.2 Å². The maximum atomic E-state index is 11.4. The first-order chi connectivity index (χ1) is 6.72. The van der Waals surface area contributed by atoms with Gasteiger partial charge in [0, 0.05) is 18.7 Å². The lowest BCUT2D eigenvalue weighted by atomic mass is 10.2. The van der Waals surface area contributed by atoms with Gasteiger partial charge in [-0.15, -0.1) is 0 Å². The number of allylic oxidation sites excluding steroid dienone is 1. The maximum absolute atomic E-state index is 11.4. The molecule has 0 aromatic rings. The van der Waals surface area contributed by atoms with Crippen molar-refractivity contribution < 1.29 is 9.90 Å². The van der Waals surface area contributed by atoms with E-state index in [1.54, 1.807) is 0 Å². The van der Waals surface area contributed by atoms with Gasteiger partial charge in [0.1, 0.15) is 0 Å². The van der Waals surface area contributed by atoms with Gasteiger partial charge in [0.15, 0.2) is 0 Å². The van der Waals surface area contributed by atoms with Crippen molar-refractivity contribution in [2.75, 3.05) is 13.2 Å². The lowest BCUT2D eigenvalue weighted by Crippen LogP contribution is -2.25. The van der Waals surface area contributed by atoms with E-state index in [0.29, 0.717) is 13.0 Å². The SMILES string of the molecule is CCCCC=C(C)C(=O)NCCCO. The molecule has 14 heavy (non-hydrogen) atoms. The van der Waals surface area contributed by atoms with Crippen molar-refractivity contribution in [1.29, 1.82) is 0 Å². The monoisotopic (exact) mass is 199 g/mol. The van der Waals surface area contributed by atoms with Gasteiger partial charge in [-0.2, -0.15) is 0 Å². The summed E-state index contributed by atoms with van der Waals surface area (Å²) in [5.41, 5.74) is 0.774. The highest BCUT2D eigenvalue weighted by molar-refractivity contribution is 5.92. The van der Waals surface area contributed by atoms with E-state index < -0.39 is 0 Å². The average molecular weight is 199 g/mol. The Morgan fingerprint density at radius 3 is 2.71 bits per heavy atom. The molecule has 0 aliphatic rings. The normalized spacial score (nSPS) is 11.5. The van der Waals surface area contributed by atoms with Gasteiger partial charge in [0.25, 0.3) is 0 Å². The molecule has 0 saturated heterocycles. The Kier molecular flexibility index (Phi) is 8.24. The van der Waals surface area contributed by atoms with Crippen LogP contribution < -0.4 is 5.32 Å². The minimum absolute atomic E-state index is 0.0189. The third-order valence-electron chi connectivity index (χ3n) is 1.99. The van der Waals surface area contributed by atoms with Crippen LogP contribution in [0.15, 0.2) is 11.6 Å². The zero-order valence-electron chi connectivity index (χ0n) is 9.18. The maximum Gasteiger partial charge on any atom is 0.246 e. The molecule has 0 aromatic heterocycles. The lowest BCUT2D eigenvalue weighted by Gasteiger charge is -2.03. The Morgan fingerprint density at radius 1 is 1.43 bits per heavy atom. The standard InChI is InChI=1S/C11H21NO2/c1-3-4-5-7-10(2)11(14)12-8-6-9-13/h7,13H,3-6,8-9H2,1-2H3,(H,12,14). The molecule has 0 aromatic carbocycles. The number of aliphatic hydroxyl groups excluding tert-OH is 1. The van der Waals surface area contributed by atoms with Crippen LogP contribution in [0.4, 0.5) is 0 Å². The molecule has 1 amide bonds. The summed E-state index contributed by atoms with van der Waals surface area (Å²) in [6.07, 6.45) is 5.83. The van der Waals surface area contributed by atoms with Crippen molar-refractivity contribution in [3.8, 4) is 0 Å². The highest BCUT2D eigenvalue weighted by atomic mass is 16.3.